The standard InChI is InChI=1S/C28H31FN2O3S/c1-3-20-5-7-22(8-6-20)28(33)30(15-4-17-34-2)19-26(32)31-16-13-25-24(14-18-35-25)27(31)21-9-11-23(29)12-10-21/h5-12,14,18,27H,3-4,13,15-17,19H2,1-2H3. The number of thiophene rings is 1. The number of ether oxygens (including phenoxy) is 1. The molecule has 2 heterocycles. The molecule has 0 fully saturated rings. The van der Waals surface area contributed by atoms with Gasteiger partial charge in [-0.05, 0) is 71.7 Å². The Labute approximate surface area is 210 Å². The third kappa shape index (κ3) is 5.80. The molecule has 1 aliphatic rings. The second-order valence-corrected chi connectivity index (χ2v) is 9.71. The first kappa shape index (κ1) is 25.1. The molecule has 4 rings (SSSR count). The maximum atomic E-state index is 13.7. The number of benzene rings is 2. The Kier molecular flexibility index (Phi) is 8.31. The topological polar surface area (TPSA) is 49.9 Å². The Hall–Kier alpha value is -3.03. The van der Waals surface area contributed by atoms with Crippen molar-refractivity contribution in [2.75, 3.05) is 33.4 Å². The molecule has 3 aromatic rings. The fourth-order valence-corrected chi connectivity index (χ4v) is 5.47. The zero-order chi connectivity index (χ0) is 24.8. The van der Waals surface area contributed by atoms with Crippen molar-refractivity contribution in [3.8, 4) is 0 Å². The molecule has 0 aliphatic carbocycles. The van der Waals surface area contributed by atoms with Gasteiger partial charge in [-0.2, -0.15) is 0 Å². The summed E-state index contributed by atoms with van der Waals surface area (Å²) in [6.45, 7) is 3.54. The van der Waals surface area contributed by atoms with Crippen LogP contribution < -0.4 is 0 Å². The Morgan fingerprint density at radius 3 is 2.54 bits per heavy atom. The fourth-order valence-electron chi connectivity index (χ4n) is 4.56. The van der Waals surface area contributed by atoms with Gasteiger partial charge < -0.3 is 14.5 Å². The molecule has 0 spiro atoms. The van der Waals surface area contributed by atoms with Crippen molar-refractivity contribution in [1.82, 2.24) is 9.80 Å². The number of hydrogen-bond donors (Lipinski definition) is 0. The molecule has 1 aromatic heterocycles. The van der Waals surface area contributed by atoms with Crippen LogP contribution in [-0.4, -0.2) is 55.0 Å². The summed E-state index contributed by atoms with van der Waals surface area (Å²) >= 11 is 1.68. The van der Waals surface area contributed by atoms with E-state index in [1.165, 1.54) is 17.0 Å². The fraction of sp³-hybridized carbons (Fsp3) is 0.357. The number of halogens is 1. The minimum atomic E-state index is -0.308. The SMILES string of the molecule is CCc1ccc(C(=O)N(CCCOC)CC(=O)N2CCc3sccc3C2c2ccc(F)cc2)cc1. The van der Waals surface area contributed by atoms with Gasteiger partial charge in [-0.1, -0.05) is 31.2 Å². The molecule has 2 aromatic carbocycles. The van der Waals surface area contributed by atoms with Crippen LogP contribution in [0.4, 0.5) is 4.39 Å². The number of carbonyl (C=O) groups is 2. The van der Waals surface area contributed by atoms with Gasteiger partial charge in [0.15, 0.2) is 0 Å². The molecular weight excluding hydrogens is 463 g/mol. The van der Waals surface area contributed by atoms with E-state index in [1.807, 2.05) is 40.6 Å². The van der Waals surface area contributed by atoms with Crippen LogP contribution in [-0.2, 0) is 22.4 Å². The van der Waals surface area contributed by atoms with Crippen LogP contribution in [0.25, 0.3) is 0 Å². The van der Waals surface area contributed by atoms with Gasteiger partial charge in [0, 0.05) is 37.2 Å². The summed E-state index contributed by atoms with van der Waals surface area (Å²) in [5, 5.41) is 2.04. The number of fused-ring (bicyclic) bond motifs is 1. The maximum absolute atomic E-state index is 13.7. The maximum Gasteiger partial charge on any atom is 0.254 e. The van der Waals surface area contributed by atoms with Gasteiger partial charge in [0.05, 0.1) is 6.04 Å². The molecule has 0 N–H and O–H groups in total. The molecule has 35 heavy (non-hydrogen) atoms. The first-order chi connectivity index (χ1) is 17.0. The summed E-state index contributed by atoms with van der Waals surface area (Å²) < 4.78 is 18.8. The van der Waals surface area contributed by atoms with Gasteiger partial charge >= 0.3 is 0 Å². The van der Waals surface area contributed by atoms with Crippen molar-refractivity contribution < 1.29 is 18.7 Å². The summed E-state index contributed by atoms with van der Waals surface area (Å²) in [5.74, 6) is -0.590. The van der Waals surface area contributed by atoms with E-state index in [-0.39, 0.29) is 30.2 Å². The molecule has 7 heteroatoms. The lowest BCUT2D eigenvalue weighted by Crippen LogP contribution is -2.47. The van der Waals surface area contributed by atoms with Crippen LogP contribution in [0, 0.1) is 5.82 Å². The van der Waals surface area contributed by atoms with Crippen molar-refractivity contribution in [1.29, 1.82) is 0 Å². The molecule has 184 valence electrons. The number of hydrogen-bond acceptors (Lipinski definition) is 4. The monoisotopic (exact) mass is 494 g/mol. The number of nitrogens with zero attached hydrogens (tertiary/aromatic N) is 2. The second-order valence-electron chi connectivity index (χ2n) is 8.71. The zero-order valence-electron chi connectivity index (χ0n) is 20.2. The summed E-state index contributed by atoms with van der Waals surface area (Å²) in [7, 11) is 1.63. The lowest BCUT2D eigenvalue weighted by atomic mass is 9.93. The zero-order valence-corrected chi connectivity index (χ0v) is 21.0. The predicted octanol–water partition coefficient (Wildman–Crippen LogP) is 5.10. The van der Waals surface area contributed by atoms with Crippen LogP contribution in [0.1, 0.15) is 51.3 Å². The van der Waals surface area contributed by atoms with Gasteiger partial charge in [0.1, 0.15) is 12.4 Å². The van der Waals surface area contributed by atoms with Crippen LogP contribution in [0.15, 0.2) is 60.0 Å². The third-order valence-corrected chi connectivity index (χ3v) is 7.47. The molecule has 5 nitrogen and oxygen atoms in total. The van der Waals surface area contributed by atoms with Crippen molar-refractivity contribution >= 4 is 23.2 Å². The number of methoxy groups -OCH3 is 1. The highest BCUT2D eigenvalue weighted by Gasteiger charge is 2.34. The number of aryl methyl sites for hydroxylation is 1. The van der Waals surface area contributed by atoms with E-state index in [2.05, 4.69) is 6.92 Å². The minimum Gasteiger partial charge on any atom is -0.385 e. The summed E-state index contributed by atoms with van der Waals surface area (Å²) in [5.41, 5.74) is 3.67. The van der Waals surface area contributed by atoms with E-state index in [1.54, 1.807) is 35.5 Å². The van der Waals surface area contributed by atoms with E-state index in [9.17, 15) is 14.0 Å². The van der Waals surface area contributed by atoms with E-state index >= 15 is 0 Å². The van der Waals surface area contributed by atoms with Crippen LogP contribution in [0.3, 0.4) is 0 Å². The first-order valence-corrected chi connectivity index (χ1v) is 12.9. The lowest BCUT2D eigenvalue weighted by Gasteiger charge is -2.37. The average Bonchev–Trinajstić information content (AvgIpc) is 3.37. The lowest BCUT2D eigenvalue weighted by molar-refractivity contribution is -0.134. The van der Waals surface area contributed by atoms with Gasteiger partial charge in [-0.15, -0.1) is 11.3 Å². The van der Waals surface area contributed by atoms with Crippen molar-refractivity contribution in [2.45, 2.75) is 32.2 Å². The summed E-state index contributed by atoms with van der Waals surface area (Å²) in [6.07, 6.45) is 2.31. The van der Waals surface area contributed by atoms with Gasteiger partial charge in [-0.25, -0.2) is 4.39 Å². The summed E-state index contributed by atoms with van der Waals surface area (Å²) in [4.78, 5) is 31.8. The Bertz CT molecular complexity index is 1140. The molecule has 1 unspecified atom stereocenters. The van der Waals surface area contributed by atoms with Crippen LogP contribution >= 0.6 is 11.3 Å². The Morgan fingerprint density at radius 2 is 1.86 bits per heavy atom. The van der Waals surface area contributed by atoms with Crippen molar-refractivity contribution in [2.24, 2.45) is 0 Å². The highest BCUT2D eigenvalue weighted by atomic mass is 32.1. The van der Waals surface area contributed by atoms with E-state index < -0.39 is 0 Å². The highest BCUT2D eigenvalue weighted by Crippen LogP contribution is 2.38. The van der Waals surface area contributed by atoms with Crippen LogP contribution in [0.2, 0.25) is 0 Å². The van der Waals surface area contributed by atoms with Crippen LogP contribution in [0.5, 0.6) is 0 Å². The molecule has 0 radical (unpaired) electrons. The smallest absolute Gasteiger partial charge is 0.254 e. The summed E-state index contributed by atoms with van der Waals surface area (Å²) in [6, 6.07) is 15.7. The Balaban J connectivity index is 1.58. The average molecular weight is 495 g/mol. The highest BCUT2D eigenvalue weighted by molar-refractivity contribution is 7.10. The minimum absolute atomic E-state index is 0.0186. The van der Waals surface area contributed by atoms with Gasteiger partial charge in [0.2, 0.25) is 5.91 Å². The third-order valence-electron chi connectivity index (χ3n) is 6.47. The van der Waals surface area contributed by atoms with E-state index in [0.29, 0.717) is 31.7 Å². The Morgan fingerprint density at radius 1 is 1.11 bits per heavy atom. The second kappa shape index (κ2) is 11.6. The molecule has 0 bridgehead atoms. The first-order valence-electron chi connectivity index (χ1n) is 12.0. The van der Waals surface area contributed by atoms with E-state index in [4.69, 9.17) is 4.74 Å². The molecule has 0 saturated heterocycles. The molecule has 2 amide bonds. The molecule has 0 saturated carbocycles. The largest absolute Gasteiger partial charge is 0.385 e. The van der Waals surface area contributed by atoms with Crippen molar-refractivity contribution in [3.63, 3.8) is 0 Å². The number of amides is 2. The number of carbonyl (C=O) groups excluding carboxylic acids is 2. The molecular formula is C28H31FN2O3S. The van der Waals surface area contributed by atoms with Gasteiger partial charge in [0.25, 0.3) is 5.91 Å². The quantitative estimate of drug-likeness (QED) is 0.389. The number of rotatable bonds is 9. The predicted molar refractivity (Wildman–Crippen MR) is 136 cm³/mol. The molecule has 1 aliphatic heterocycles. The van der Waals surface area contributed by atoms with E-state index in [0.717, 1.165) is 29.5 Å². The molecule has 1 atom stereocenters. The van der Waals surface area contributed by atoms with Crippen molar-refractivity contribution in [3.05, 3.63) is 92.9 Å². The van der Waals surface area contributed by atoms with Gasteiger partial charge in [-0.3, -0.25) is 9.59 Å². The normalized spacial score (nSPS) is 15.1.